The van der Waals surface area contributed by atoms with Crippen molar-refractivity contribution >= 4 is 21.6 Å². The van der Waals surface area contributed by atoms with Gasteiger partial charge in [0, 0.05) is 0 Å². The largest absolute Gasteiger partial charge is 0.490 e. The van der Waals surface area contributed by atoms with Gasteiger partial charge in [-0.15, -0.1) is 0 Å². The van der Waals surface area contributed by atoms with Crippen LogP contribution in [-0.2, 0) is 14.8 Å². The van der Waals surface area contributed by atoms with Gasteiger partial charge in [0.05, 0.1) is 11.4 Å². The third-order valence-electron chi connectivity index (χ3n) is 2.81. The number of ether oxygens (including phenoxy) is 1. The van der Waals surface area contributed by atoms with E-state index in [0.29, 0.717) is 11.4 Å². The van der Waals surface area contributed by atoms with Crippen LogP contribution in [0.3, 0.4) is 0 Å². The monoisotopic (exact) mass is 315 g/mol. The Morgan fingerprint density at radius 3 is 2.48 bits per heavy atom. The predicted molar refractivity (Wildman–Crippen MR) is 81.1 cm³/mol. The van der Waals surface area contributed by atoms with Crippen LogP contribution in [0.15, 0.2) is 24.3 Å². The fourth-order valence-corrected chi connectivity index (χ4v) is 2.84. The van der Waals surface area contributed by atoms with Crippen LogP contribution in [0.5, 0.6) is 5.75 Å². The number of hydrogen-bond acceptors (Lipinski definition) is 5. The molecule has 0 fully saturated rings. The van der Waals surface area contributed by atoms with Crippen LogP contribution in [0, 0.1) is 5.92 Å². The summed E-state index contributed by atoms with van der Waals surface area (Å²) in [5.41, 5.74) is 11.3. The first-order valence-corrected chi connectivity index (χ1v) is 8.15. The molecule has 0 aliphatic heterocycles. The van der Waals surface area contributed by atoms with Gasteiger partial charge in [0.1, 0.15) is 18.4 Å². The van der Waals surface area contributed by atoms with Crippen molar-refractivity contribution in [1.29, 1.82) is 0 Å². The first-order chi connectivity index (χ1) is 9.73. The molecule has 8 heteroatoms. The van der Waals surface area contributed by atoms with E-state index in [4.69, 9.17) is 16.2 Å². The smallest absolute Gasteiger partial charge is 0.235 e. The number of rotatable bonds is 8. The minimum Gasteiger partial charge on any atom is -0.490 e. The van der Waals surface area contributed by atoms with E-state index in [1.54, 1.807) is 38.1 Å². The zero-order valence-electron chi connectivity index (χ0n) is 12.1. The Labute approximate surface area is 124 Å². The molecule has 0 saturated heterocycles. The molecular formula is C13H21N3O4S. The molecule has 0 saturated carbocycles. The Morgan fingerprint density at radius 1 is 1.33 bits per heavy atom. The lowest BCUT2D eigenvalue weighted by Gasteiger charge is -2.19. The summed E-state index contributed by atoms with van der Waals surface area (Å²) >= 11 is 0. The fourth-order valence-electron chi connectivity index (χ4n) is 1.65. The lowest BCUT2D eigenvalue weighted by Crippen LogP contribution is -2.48. The van der Waals surface area contributed by atoms with E-state index in [0.717, 1.165) is 0 Å². The molecule has 21 heavy (non-hydrogen) atoms. The van der Waals surface area contributed by atoms with Crippen LogP contribution < -0.4 is 20.9 Å². The number of nitrogens with one attached hydrogen (secondary N) is 1. The SMILES string of the molecule is CC(C)C(NS(=O)(=O)CCOc1ccccc1N)C(N)=O. The summed E-state index contributed by atoms with van der Waals surface area (Å²) in [7, 11) is -3.67. The number of benzene rings is 1. The molecule has 118 valence electrons. The Hall–Kier alpha value is -1.80. The van der Waals surface area contributed by atoms with Gasteiger partial charge in [-0.3, -0.25) is 4.79 Å². The summed E-state index contributed by atoms with van der Waals surface area (Å²) in [4.78, 5) is 11.2. The van der Waals surface area contributed by atoms with E-state index in [2.05, 4.69) is 4.72 Å². The molecule has 1 amide bonds. The van der Waals surface area contributed by atoms with Crippen molar-refractivity contribution in [3.63, 3.8) is 0 Å². The molecule has 0 bridgehead atoms. The van der Waals surface area contributed by atoms with Gasteiger partial charge in [-0.05, 0) is 18.1 Å². The number of hydrogen-bond donors (Lipinski definition) is 3. The number of anilines is 1. The van der Waals surface area contributed by atoms with Gasteiger partial charge in [0.2, 0.25) is 15.9 Å². The number of carbonyl (C=O) groups is 1. The Balaban J connectivity index is 2.57. The van der Waals surface area contributed by atoms with E-state index < -0.39 is 22.0 Å². The number of primary amides is 1. The zero-order valence-corrected chi connectivity index (χ0v) is 12.9. The summed E-state index contributed by atoms with van der Waals surface area (Å²) in [6, 6.07) is 5.86. The number of nitrogens with two attached hydrogens (primary N) is 2. The second-order valence-electron chi connectivity index (χ2n) is 4.95. The Bertz CT molecular complexity index is 587. The van der Waals surface area contributed by atoms with E-state index in [1.807, 2.05) is 0 Å². The van der Waals surface area contributed by atoms with E-state index >= 15 is 0 Å². The van der Waals surface area contributed by atoms with Crippen molar-refractivity contribution in [2.75, 3.05) is 18.1 Å². The lowest BCUT2D eigenvalue weighted by molar-refractivity contribution is -0.120. The van der Waals surface area contributed by atoms with Crippen LogP contribution in [0.25, 0.3) is 0 Å². The van der Waals surface area contributed by atoms with Crippen molar-refractivity contribution in [3.05, 3.63) is 24.3 Å². The molecular weight excluding hydrogens is 294 g/mol. The van der Waals surface area contributed by atoms with Crippen LogP contribution in [-0.4, -0.2) is 32.7 Å². The summed E-state index contributed by atoms with van der Waals surface area (Å²) in [6.07, 6.45) is 0. The number of nitrogen functional groups attached to an aromatic ring is 1. The fraction of sp³-hybridized carbons (Fsp3) is 0.462. The van der Waals surface area contributed by atoms with Gasteiger partial charge in [-0.25, -0.2) is 13.1 Å². The van der Waals surface area contributed by atoms with E-state index in [1.165, 1.54) is 0 Å². The second-order valence-corrected chi connectivity index (χ2v) is 6.82. The third kappa shape index (κ3) is 5.60. The first kappa shape index (κ1) is 17.3. The van der Waals surface area contributed by atoms with Gasteiger partial charge in [-0.1, -0.05) is 26.0 Å². The standard InChI is InChI=1S/C13H21N3O4S/c1-9(2)12(13(15)17)16-21(18,19)8-7-20-11-6-4-3-5-10(11)14/h3-6,9,12,16H,7-8,14H2,1-2H3,(H2,15,17). The summed E-state index contributed by atoms with van der Waals surface area (Å²) in [5.74, 6) is -0.814. The average Bonchev–Trinajstić information content (AvgIpc) is 2.37. The first-order valence-electron chi connectivity index (χ1n) is 6.49. The van der Waals surface area contributed by atoms with Gasteiger partial charge in [-0.2, -0.15) is 0 Å². The highest BCUT2D eigenvalue weighted by Gasteiger charge is 2.25. The minimum atomic E-state index is -3.67. The number of para-hydroxylation sites is 2. The number of carbonyl (C=O) groups excluding carboxylic acids is 1. The number of sulfonamides is 1. The second kappa shape index (κ2) is 7.28. The molecule has 0 aliphatic rings. The molecule has 1 aromatic rings. The van der Waals surface area contributed by atoms with Gasteiger partial charge < -0.3 is 16.2 Å². The average molecular weight is 315 g/mol. The maximum absolute atomic E-state index is 11.9. The molecule has 0 radical (unpaired) electrons. The van der Waals surface area contributed by atoms with E-state index in [9.17, 15) is 13.2 Å². The highest BCUT2D eigenvalue weighted by molar-refractivity contribution is 7.89. The Kier molecular flexibility index (Phi) is 5.98. The normalized spacial score (nSPS) is 13.1. The molecule has 1 rings (SSSR count). The molecule has 7 nitrogen and oxygen atoms in total. The molecule has 0 aromatic heterocycles. The minimum absolute atomic E-state index is 0.0763. The molecule has 1 aromatic carbocycles. The molecule has 5 N–H and O–H groups in total. The molecule has 1 unspecified atom stereocenters. The van der Waals surface area contributed by atoms with Crippen LogP contribution in [0.1, 0.15) is 13.8 Å². The quantitative estimate of drug-likeness (QED) is 0.586. The Morgan fingerprint density at radius 2 is 1.95 bits per heavy atom. The van der Waals surface area contributed by atoms with Gasteiger partial charge in [0.15, 0.2) is 0 Å². The van der Waals surface area contributed by atoms with Gasteiger partial charge in [0.25, 0.3) is 0 Å². The zero-order chi connectivity index (χ0) is 16.0. The number of amides is 1. The third-order valence-corrected chi connectivity index (χ3v) is 4.13. The van der Waals surface area contributed by atoms with Crippen molar-refractivity contribution in [3.8, 4) is 5.75 Å². The topological polar surface area (TPSA) is 125 Å². The molecule has 1 atom stereocenters. The molecule has 0 heterocycles. The lowest BCUT2D eigenvalue weighted by atomic mass is 10.1. The van der Waals surface area contributed by atoms with Crippen LogP contribution >= 0.6 is 0 Å². The highest BCUT2D eigenvalue weighted by atomic mass is 32.2. The maximum Gasteiger partial charge on any atom is 0.235 e. The maximum atomic E-state index is 11.9. The summed E-state index contributed by atoms with van der Waals surface area (Å²) in [6.45, 7) is 3.34. The molecule has 0 aliphatic carbocycles. The van der Waals surface area contributed by atoms with Crippen LogP contribution in [0.4, 0.5) is 5.69 Å². The van der Waals surface area contributed by atoms with E-state index in [-0.39, 0.29) is 18.3 Å². The summed E-state index contributed by atoms with van der Waals surface area (Å²) < 4.78 is 31.4. The van der Waals surface area contributed by atoms with Gasteiger partial charge >= 0.3 is 0 Å². The van der Waals surface area contributed by atoms with Crippen molar-refractivity contribution in [1.82, 2.24) is 4.72 Å². The van der Waals surface area contributed by atoms with Crippen molar-refractivity contribution in [2.24, 2.45) is 11.7 Å². The van der Waals surface area contributed by atoms with Crippen LogP contribution in [0.2, 0.25) is 0 Å². The molecule has 0 spiro atoms. The predicted octanol–water partition coefficient (Wildman–Crippen LogP) is 0.0769. The van der Waals surface area contributed by atoms with Crippen molar-refractivity contribution in [2.45, 2.75) is 19.9 Å². The highest BCUT2D eigenvalue weighted by Crippen LogP contribution is 2.19. The van der Waals surface area contributed by atoms with Crippen molar-refractivity contribution < 1.29 is 17.9 Å². The summed E-state index contributed by atoms with van der Waals surface area (Å²) in [5, 5.41) is 0.